The zero-order valence-electron chi connectivity index (χ0n) is 12.6. The molecule has 0 atom stereocenters. The Morgan fingerprint density at radius 2 is 2.00 bits per heavy atom. The van der Waals surface area contributed by atoms with Crippen LogP contribution in [-0.2, 0) is 15.4 Å². The number of fused-ring (bicyclic) bond motifs is 1. The van der Waals surface area contributed by atoms with Crippen LogP contribution in [0.25, 0.3) is 10.9 Å². The number of likely N-dealkylation sites (N-methyl/N-ethyl adjacent to an activating group) is 1. The summed E-state index contributed by atoms with van der Waals surface area (Å²) in [6.07, 6.45) is 4.83. The lowest BCUT2D eigenvalue weighted by Gasteiger charge is -2.23. The first-order valence-electron chi connectivity index (χ1n) is 7.49. The Morgan fingerprint density at radius 3 is 2.67 bits per heavy atom. The lowest BCUT2D eigenvalue weighted by Crippen LogP contribution is -2.35. The number of nitrogens with zero attached hydrogens (tertiary/aromatic N) is 1. The predicted molar refractivity (Wildman–Crippen MR) is 85.9 cm³/mol. The van der Waals surface area contributed by atoms with Gasteiger partial charge >= 0.3 is 0 Å². The summed E-state index contributed by atoms with van der Waals surface area (Å²) in [5.41, 5.74) is 2.38. The van der Waals surface area contributed by atoms with Gasteiger partial charge in [-0.25, -0.2) is 12.7 Å². The maximum absolute atomic E-state index is 12.2. The first-order valence-corrected chi connectivity index (χ1v) is 9.10. The molecule has 2 aromatic rings. The minimum absolute atomic E-state index is 0.00480. The van der Waals surface area contributed by atoms with Gasteiger partial charge in [-0.1, -0.05) is 25.1 Å². The zero-order chi connectivity index (χ0) is 15.1. The normalized spacial score (nSPS) is 17.5. The molecule has 5 heteroatoms. The second kappa shape index (κ2) is 5.14. The van der Waals surface area contributed by atoms with Crippen molar-refractivity contribution in [3.63, 3.8) is 0 Å². The third-order valence-electron chi connectivity index (χ3n) is 4.48. The number of rotatable bonds is 6. The molecule has 1 N–H and O–H groups in total. The number of benzene rings is 1. The Bertz CT molecular complexity index is 744. The van der Waals surface area contributed by atoms with Gasteiger partial charge in [0.25, 0.3) is 0 Å². The molecule has 1 fully saturated rings. The van der Waals surface area contributed by atoms with Crippen LogP contribution in [0.1, 0.15) is 31.7 Å². The number of sulfonamides is 1. The molecule has 1 aliphatic carbocycles. The first kappa shape index (κ1) is 14.6. The highest BCUT2D eigenvalue weighted by Crippen LogP contribution is 2.51. The molecule has 1 saturated carbocycles. The average Bonchev–Trinajstić information content (AvgIpc) is 3.09. The molecule has 0 spiro atoms. The summed E-state index contributed by atoms with van der Waals surface area (Å²) in [6.45, 7) is 2.48. The molecule has 4 nitrogen and oxygen atoms in total. The number of H-pyrrole nitrogens is 1. The van der Waals surface area contributed by atoms with Crippen LogP contribution in [0.4, 0.5) is 0 Å². The predicted octanol–water partition coefficient (Wildman–Crippen LogP) is 2.87. The third-order valence-corrected chi connectivity index (χ3v) is 6.48. The molecular weight excluding hydrogens is 284 g/mol. The van der Waals surface area contributed by atoms with E-state index in [2.05, 4.69) is 23.3 Å². The Morgan fingerprint density at radius 1 is 1.29 bits per heavy atom. The monoisotopic (exact) mass is 306 g/mol. The van der Waals surface area contributed by atoms with Crippen molar-refractivity contribution in [2.75, 3.05) is 19.3 Å². The van der Waals surface area contributed by atoms with Gasteiger partial charge in [0.1, 0.15) is 0 Å². The highest BCUT2D eigenvalue weighted by molar-refractivity contribution is 7.89. The molecule has 0 radical (unpaired) electrons. The van der Waals surface area contributed by atoms with Gasteiger partial charge in [-0.3, -0.25) is 0 Å². The van der Waals surface area contributed by atoms with Crippen molar-refractivity contribution in [3.8, 4) is 0 Å². The summed E-state index contributed by atoms with van der Waals surface area (Å²) in [5.74, 6) is 0.230. The number of aromatic nitrogens is 1. The second-order valence-corrected chi connectivity index (χ2v) is 8.30. The molecule has 0 saturated heterocycles. The number of para-hydroxylation sites is 1. The maximum atomic E-state index is 12.2. The van der Waals surface area contributed by atoms with E-state index in [0.29, 0.717) is 13.0 Å². The molecule has 1 heterocycles. The van der Waals surface area contributed by atoms with Crippen molar-refractivity contribution in [1.82, 2.24) is 9.29 Å². The number of hydrogen-bond donors (Lipinski definition) is 1. The van der Waals surface area contributed by atoms with Gasteiger partial charge < -0.3 is 4.98 Å². The molecule has 0 bridgehead atoms. The fraction of sp³-hybridized carbons (Fsp3) is 0.500. The fourth-order valence-corrected chi connectivity index (χ4v) is 4.38. The molecule has 21 heavy (non-hydrogen) atoms. The van der Waals surface area contributed by atoms with E-state index in [4.69, 9.17) is 0 Å². The summed E-state index contributed by atoms with van der Waals surface area (Å²) in [4.78, 5) is 3.30. The van der Waals surface area contributed by atoms with Crippen LogP contribution < -0.4 is 0 Å². The molecule has 1 aromatic heterocycles. The third kappa shape index (κ3) is 2.60. The molecule has 0 amide bonds. The van der Waals surface area contributed by atoms with Crippen molar-refractivity contribution in [2.24, 2.45) is 0 Å². The minimum Gasteiger partial charge on any atom is -0.361 e. The van der Waals surface area contributed by atoms with E-state index >= 15 is 0 Å². The molecule has 0 aliphatic heterocycles. The molecular formula is C16H22N2O2S. The van der Waals surface area contributed by atoms with Crippen molar-refractivity contribution < 1.29 is 8.42 Å². The summed E-state index contributed by atoms with van der Waals surface area (Å²) in [6, 6.07) is 8.22. The van der Waals surface area contributed by atoms with Crippen molar-refractivity contribution >= 4 is 20.9 Å². The quantitative estimate of drug-likeness (QED) is 0.892. The second-order valence-electron chi connectivity index (χ2n) is 6.10. The Labute approximate surface area is 126 Å². The van der Waals surface area contributed by atoms with E-state index in [0.717, 1.165) is 18.4 Å². The van der Waals surface area contributed by atoms with Gasteiger partial charge in [0, 0.05) is 36.1 Å². The van der Waals surface area contributed by atoms with E-state index < -0.39 is 10.0 Å². The van der Waals surface area contributed by atoms with Crippen LogP contribution in [0.2, 0.25) is 0 Å². The average molecular weight is 306 g/mol. The number of nitrogens with one attached hydrogen (secondary N) is 1. The zero-order valence-corrected chi connectivity index (χ0v) is 13.4. The lowest BCUT2D eigenvalue weighted by atomic mass is 9.95. The van der Waals surface area contributed by atoms with Crippen LogP contribution in [0.15, 0.2) is 30.5 Å². The van der Waals surface area contributed by atoms with Crippen LogP contribution in [0.5, 0.6) is 0 Å². The molecule has 3 rings (SSSR count). The Hall–Kier alpha value is -1.33. The smallest absolute Gasteiger partial charge is 0.213 e. The van der Waals surface area contributed by atoms with E-state index in [1.165, 1.54) is 10.9 Å². The van der Waals surface area contributed by atoms with E-state index in [9.17, 15) is 8.42 Å². The molecule has 114 valence electrons. The Balaban J connectivity index is 1.88. The van der Waals surface area contributed by atoms with Crippen molar-refractivity contribution in [3.05, 3.63) is 36.0 Å². The van der Waals surface area contributed by atoms with Crippen LogP contribution in [-0.4, -0.2) is 37.1 Å². The van der Waals surface area contributed by atoms with Crippen LogP contribution in [0.3, 0.4) is 0 Å². The SMILES string of the molecule is CCCS(=O)(=O)N(C)CC1(c2c[nH]c3ccccc23)CC1. The minimum atomic E-state index is -3.12. The lowest BCUT2D eigenvalue weighted by molar-refractivity contribution is 0.427. The van der Waals surface area contributed by atoms with Crippen molar-refractivity contribution in [1.29, 1.82) is 0 Å². The van der Waals surface area contributed by atoms with E-state index in [1.807, 2.05) is 19.1 Å². The van der Waals surface area contributed by atoms with Crippen molar-refractivity contribution in [2.45, 2.75) is 31.6 Å². The van der Waals surface area contributed by atoms with Gasteiger partial charge in [-0.15, -0.1) is 0 Å². The van der Waals surface area contributed by atoms with E-state index in [1.54, 1.807) is 11.4 Å². The van der Waals surface area contributed by atoms with Gasteiger partial charge in [0.05, 0.1) is 5.75 Å². The highest BCUT2D eigenvalue weighted by atomic mass is 32.2. The summed E-state index contributed by atoms with van der Waals surface area (Å²) in [5, 5.41) is 1.22. The molecule has 0 unspecified atom stereocenters. The van der Waals surface area contributed by atoms with Gasteiger partial charge in [0.15, 0.2) is 0 Å². The molecule has 1 aromatic carbocycles. The summed E-state index contributed by atoms with van der Waals surface area (Å²) >= 11 is 0. The largest absolute Gasteiger partial charge is 0.361 e. The standard InChI is InChI=1S/C16H22N2O2S/c1-3-10-21(19,20)18(2)12-16(8-9-16)14-11-17-15-7-5-4-6-13(14)15/h4-7,11,17H,3,8-10,12H2,1-2H3. The fourth-order valence-electron chi connectivity index (χ4n) is 3.11. The Kier molecular flexibility index (Phi) is 3.58. The van der Waals surface area contributed by atoms with E-state index in [-0.39, 0.29) is 11.2 Å². The number of hydrogen-bond acceptors (Lipinski definition) is 2. The van der Waals surface area contributed by atoms with Crippen LogP contribution >= 0.6 is 0 Å². The molecule has 1 aliphatic rings. The summed E-state index contributed by atoms with van der Waals surface area (Å²) < 4.78 is 25.9. The maximum Gasteiger partial charge on any atom is 0.213 e. The van der Waals surface area contributed by atoms with Gasteiger partial charge in [0.2, 0.25) is 10.0 Å². The highest BCUT2D eigenvalue weighted by Gasteiger charge is 2.47. The topological polar surface area (TPSA) is 53.2 Å². The van der Waals surface area contributed by atoms with Gasteiger partial charge in [-0.2, -0.15) is 0 Å². The summed E-state index contributed by atoms with van der Waals surface area (Å²) in [7, 11) is -1.42. The van der Waals surface area contributed by atoms with Gasteiger partial charge in [-0.05, 0) is 30.9 Å². The van der Waals surface area contributed by atoms with Crippen LogP contribution in [0, 0.1) is 0 Å². The number of aromatic amines is 1. The first-order chi connectivity index (χ1) is 9.98.